The molecule has 0 amide bonds. The number of fused-ring (bicyclic) bond motifs is 1. The minimum Gasteiger partial charge on any atom is -0.497 e. The summed E-state index contributed by atoms with van der Waals surface area (Å²) in [7, 11) is 1.57. The molecule has 31 heavy (non-hydrogen) atoms. The molecule has 2 aromatic carbocycles. The Morgan fingerprint density at radius 3 is 2.32 bits per heavy atom. The van der Waals surface area contributed by atoms with Crippen molar-refractivity contribution in [2.24, 2.45) is 5.92 Å². The van der Waals surface area contributed by atoms with Crippen LogP contribution < -0.4 is 16.0 Å². The van der Waals surface area contributed by atoms with Gasteiger partial charge < -0.3 is 9.30 Å². The summed E-state index contributed by atoms with van der Waals surface area (Å²) in [5.74, 6) is 0.429. The third kappa shape index (κ3) is 3.88. The predicted molar refractivity (Wildman–Crippen MR) is 116 cm³/mol. The van der Waals surface area contributed by atoms with Crippen LogP contribution in [0.15, 0.2) is 64.4 Å². The molecule has 0 saturated carbocycles. The van der Waals surface area contributed by atoms with E-state index in [1.165, 1.54) is 27.6 Å². The van der Waals surface area contributed by atoms with E-state index in [4.69, 9.17) is 4.74 Å². The molecule has 0 fully saturated rings. The van der Waals surface area contributed by atoms with Gasteiger partial charge in [-0.2, -0.15) is 0 Å². The van der Waals surface area contributed by atoms with Crippen LogP contribution in [0.5, 0.6) is 5.75 Å². The van der Waals surface area contributed by atoms with Crippen LogP contribution in [0.25, 0.3) is 16.9 Å². The van der Waals surface area contributed by atoms with E-state index in [1.54, 1.807) is 48.1 Å². The van der Waals surface area contributed by atoms with Gasteiger partial charge in [-0.25, -0.2) is 18.7 Å². The summed E-state index contributed by atoms with van der Waals surface area (Å²) >= 11 is 0. The average Bonchev–Trinajstić information content (AvgIpc) is 3.16. The summed E-state index contributed by atoms with van der Waals surface area (Å²) in [4.78, 5) is 31.0. The van der Waals surface area contributed by atoms with E-state index in [0.29, 0.717) is 23.5 Å². The molecule has 4 rings (SSSR count). The van der Waals surface area contributed by atoms with Crippen molar-refractivity contribution in [3.8, 4) is 11.4 Å². The highest BCUT2D eigenvalue weighted by atomic mass is 19.1. The largest absolute Gasteiger partial charge is 0.497 e. The highest BCUT2D eigenvalue weighted by molar-refractivity contribution is 5.72. The van der Waals surface area contributed by atoms with Gasteiger partial charge in [0.2, 0.25) is 0 Å². The summed E-state index contributed by atoms with van der Waals surface area (Å²) in [6, 6.07) is 13.1. The van der Waals surface area contributed by atoms with Crippen molar-refractivity contribution in [3.05, 3.63) is 87.1 Å². The van der Waals surface area contributed by atoms with Gasteiger partial charge >= 0.3 is 5.69 Å². The number of hydrogen-bond acceptors (Lipinski definition) is 4. The summed E-state index contributed by atoms with van der Waals surface area (Å²) in [5, 5.41) is 0. The molecule has 2 aromatic heterocycles. The molecule has 8 heteroatoms. The molecule has 0 aliphatic heterocycles. The zero-order valence-corrected chi connectivity index (χ0v) is 17.6. The fraction of sp³-hybridized carbons (Fsp3) is 0.261. The van der Waals surface area contributed by atoms with Crippen LogP contribution in [0.1, 0.15) is 19.4 Å². The molecule has 7 nitrogen and oxygen atoms in total. The van der Waals surface area contributed by atoms with E-state index in [2.05, 4.69) is 4.98 Å². The Balaban J connectivity index is 1.95. The minimum atomic E-state index is -0.441. The maximum atomic E-state index is 13.3. The van der Waals surface area contributed by atoms with Crippen molar-refractivity contribution < 1.29 is 9.13 Å². The van der Waals surface area contributed by atoms with Crippen molar-refractivity contribution in [3.63, 3.8) is 0 Å². The number of benzene rings is 2. The van der Waals surface area contributed by atoms with Gasteiger partial charge in [-0.3, -0.25) is 9.36 Å². The lowest BCUT2D eigenvalue weighted by molar-refractivity contribution is 0.414. The van der Waals surface area contributed by atoms with Gasteiger partial charge in [-0.15, -0.1) is 0 Å². The Morgan fingerprint density at radius 2 is 1.71 bits per heavy atom. The number of halogens is 1. The third-order valence-electron chi connectivity index (χ3n) is 5.04. The summed E-state index contributed by atoms with van der Waals surface area (Å²) in [6.45, 7) is 4.51. The Kier molecular flexibility index (Phi) is 5.46. The third-order valence-corrected chi connectivity index (χ3v) is 5.04. The number of hydrogen-bond donors (Lipinski definition) is 0. The summed E-state index contributed by atoms with van der Waals surface area (Å²) in [5.41, 5.74) is 1.17. The molecule has 0 radical (unpaired) electrons. The number of rotatable bonds is 6. The van der Waals surface area contributed by atoms with E-state index in [9.17, 15) is 14.0 Å². The Labute approximate surface area is 178 Å². The van der Waals surface area contributed by atoms with Crippen molar-refractivity contribution in [2.75, 3.05) is 7.11 Å². The zero-order chi connectivity index (χ0) is 22.1. The smallest absolute Gasteiger partial charge is 0.337 e. The lowest BCUT2D eigenvalue weighted by atomic mass is 10.2. The van der Waals surface area contributed by atoms with Crippen molar-refractivity contribution in [1.29, 1.82) is 0 Å². The monoisotopic (exact) mass is 422 g/mol. The predicted octanol–water partition coefficient (Wildman–Crippen LogP) is 3.20. The van der Waals surface area contributed by atoms with Gasteiger partial charge in [-0.1, -0.05) is 26.0 Å². The van der Waals surface area contributed by atoms with Gasteiger partial charge in [0.05, 0.1) is 19.1 Å². The van der Waals surface area contributed by atoms with Crippen LogP contribution >= 0.6 is 0 Å². The molecule has 160 valence electrons. The van der Waals surface area contributed by atoms with E-state index in [1.807, 2.05) is 13.8 Å². The Hall–Kier alpha value is -3.68. The Morgan fingerprint density at radius 1 is 1.03 bits per heavy atom. The van der Waals surface area contributed by atoms with Crippen LogP contribution in [-0.2, 0) is 13.1 Å². The van der Waals surface area contributed by atoms with Crippen LogP contribution in [0.3, 0.4) is 0 Å². The molecule has 0 spiro atoms. The molecule has 4 aromatic rings. The van der Waals surface area contributed by atoms with Crippen molar-refractivity contribution in [1.82, 2.24) is 18.7 Å². The normalized spacial score (nSPS) is 11.4. The lowest BCUT2D eigenvalue weighted by Gasteiger charge is -2.14. The van der Waals surface area contributed by atoms with Gasteiger partial charge in [-0.05, 0) is 47.9 Å². The van der Waals surface area contributed by atoms with E-state index < -0.39 is 11.2 Å². The van der Waals surface area contributed by atoms with E-state index in [0.717, 1.165) is 5.56 Å². The fourth-order valence-electron chi connectivity index (χ4n) is 3.58. The summed E-state index contributed by atoms with van der Waals surface area (Å²) in [6.07, 6.45) is 1.54. The number of ether oxygens (including phenoxy) is 1. The van der Waals surface area contributed by atoms with Crippen molar-refractivity contribution in [2.45, 2.75) is 26.9 Å². The van der Waals surface area contributed by atoms with Gasteiger partial charge in [0, 0.05) is 13.1 Å². The molecule has 0 bridgehead atoms. The maximum absolute atomic E-state index is 13.3. The highest BCUT2D eigenvalue weighted by Crippen LogP contribution is 2.18. The number of methoxy groups -OCH3 is 1. The second kappa shape index (κ2) is 8.22. The first-order valence-electron chi connectivity index (χ1n) is 9.98. The molecule has 0 unspecified atom stereocenters. The topological polar surface area (TPSA) is 71.1 Å². The quantitative estimate of drug-likeness (QED) is 0.478. The molecule has 2 heterocycles. The summed E-state index contributed by atoms with van der Waals surface area (Å²) < 4.78 is 22.9. The molecular formula is C23H23FN4O3. The van der Waals surface area contributed by atoms with Crippen molar-refractivity contribution >= 4 is 11.2 Å². The highest BCUT2D eigenvalue weighted by Gasteiger charge is 2.20. The first-order valence-corrected chi connectivity index (χ1v) is 9.98. The van der Waals surface area contributed by atoms with Crippen LogP contribution in [-0.4, -0.2) is 25.8 Å². The first-order chi connectivity index (χ1) is 14.9. The standard InChI is InChI=1S/C23H23FN4O3/c1-15(2)12-27-22(29)20-21(25-14-26(20)13-16-4-6-17(24)7-5-16)28(23(27)30)18-8-10-19(31-3)11-9-18/h4-11,14-15H,12-13H2,1-3H3. The minimum absolute atomic E-state index is 0.0978. The molecule has 0 aliphatic carbocycles. The second-order valence-electron chi connectivity index (χ2n) is 7.80. The Bertz CT molecular complexity index is 1330. The van der Waals surface area contributed by atoms with Gasteiger partial charge in [0.25, 0.3) is 5.56 Å². The SMILES string of the molecule is COc1ccc(-n2c(=O)n(CC(C)C)c(=O)c3c2ncn3Cc2ccc(F)cc2)cc1. The second-order valence-corrected chi connectivity index (χ2v) is 7.80. The van der Waals surface area contributed by atoms with E-state index >= 15 is 0 Å². The number of imidazole rings is 1. The van der Waals surface area contributed by atoms with Crippen LogP contribution in [0, 0.1) is 11.7 Å². The first kappa shape index (κ1) is 20.6. The molecule has 0 atom stereocenters. The van der Waals surface area contributed by atoms with Gasteiger partial charge in [0.15, 0.2) is 11.2 Å². The average molecular weight is 422 g/mol. The van der Waals surface area contributed by atoms with Crippen LogP contribution in [0.2, 0.25) is 0 Å². The molecule has 0 saturated heterocycles. The van der Waals surface area contributed by atoms with Gasteiger partial charge in [0.1, 0.15) is 11.6 Å². The van der Waals surface area contributed by atoms with Crippen LogP contribution in [0.4, 0.5) is 4.39 Å². The number of aromatic nitrogens is 4. The lowest BCUT2D eigenvalue weighted by Crippen LogP contribution is -2.41. The molecular weight excluding hydrogens is 399 g/mol. The molecule has 0 N–H and O–H groups in total. The fourth-order valence-corrected chi connectivity index (χ4v) is 3.58. The zero-order valence-electron chi connectivity index (χ0n) is 17.6. The number of nitrogens with zero attached hydrogens (tertiary/aromatic N) is 4. The maximum Gasteiger partial charge on any atom is 0.337 e. The molecule has 0 aliphatic rings. The van der Waals surface area contributed by atoms with E-state index in [-0.39, 0.29) is 23.9 Å².